The molecule has 366 valence electrons. The van der Waals surface area contributed by atoms with Crippen LogP contribution in [0.2, 0.25) is 0 Å². The molecule has 2 aliphatic heterocycles. The number of hydrogen-bond donors (Lipinski definition) is 0. The normalized spacial score (nSPS) is 21.1. The number of benzene rings is 1. The summed E-state index contributed by atoms with van der Waals surface area (Å²) in [5.74, 6) is 3.19. The van der Waals surface area contributed by atoms with E-state index >= 15 is 0 Å². The third-order valence-corrected chi connectivity index (χ3v) is 15.5. The van der Waals surface area contributed by atoms with Crippen molar-refractivity contribution < 1.29 is 19.2 Å². The number of carbonyl (C=O) groups is 4. The number of rotatable bonds is 37. The van der Waals surface area contributed by atoms with Crippen LogP contribution in [0.4, 0.5) is 0 Å². The molecule has 3 aliphatic rings. The van der Waals surface area contributed by atoms with Crippen LogP contribution in [0.5, 0.6) is 0 Å². The largest absolute Gasteiger partial charge is 0.326 e. The lowest BCUT2D eigenvalue weighted by molar-refractivity contribution is -0.139. The Kier molecular flexibility index (Phi) is 27.2. The molecule has 0 bridgehead atoms. The molecule has 65 heavy (non-hydrogen) atoms. The van der Waals surface area contributed by atoms with Crippen molar-refractivity contribution in [3.63, 3.8) is 0 Å². The van der Waals surface area contributed by atoms with Crippen LogP contribution in [0, 0.1) is 23.7 Å². The average molecular weight is 898 g/mol. The van der Waals surface area contributed by atoms with Gasteiger partial charge in [0.2, 0.25) is 5.91 Å². The van der Waals surface area contributed by atoms with Gasteiger partial charge in [0.25, 0.3) is 17.7 Å². The molecule has 4 rings (SSSR count). The number of allylic oxidation sites excluding steroid dienone is 1. The molecule has 7 nitrogen and oxygen atoms in total. The zero-order valence-electron chi connectivity index (χ0n) is 42.1. The number of hydrogen-bond acceptors (Lipinski definition) is 4. The van der Waals surface area contributed by atoms with Crippen LogP contribution in [0.15, 0.2) is 54.8 Å². The molecule has 5 atom stereocenters. The molecule has 1 saturated carbocycles. The van der Waals surface area contributed by atoms with Gasteiger partial charge >= 0.3 is 0 Å². The van der Waals surface area contributed by atoms with E-state index in [9.17, 15) is 19.2 Å². The third-order valence-electron chi connectivity index (χ3n) is 15.5. The van der Waals surface area contributed by atoms with Gasteiger partial charge in [0.05, 0.1) is 6.42 Å². The summed E-state index contributed by atoms with van der Waals surface area (Å²) in [6, 6.07) is 8.53. The number of unbranched alkanes of at least 4 members (excludes halogenated alkanes) is 21. The second-order valence-corrected chi connectivity index (χ2v) is 20.5. The van der Waals surface area contributed by atoms with Gasteiger partial charge in [-0.15, -0.1) is 0 Å². The van der Waals surface area contributed by atoms with Crippen LogP contribution < -0.4 is 0 Å². The fourth-order valence-electron chi connectivity index (χ4n) is 11.6. The van der Waals surface area contributed by atoms with E-state index in [0.29, 0.717) is 18.7 Å². The zero-order valence-corrected chi connectivity index (χ0v) is 42.1. The zero-order chi connectivity index (χ0) is 46.5. The molecular formula is C58H95N3O4. The van der Waals surface area contributed by atoms with Gasteiger partial charge in [0.1, 0.15) is 6.04 Å². The van der Waals surface area contributed by atoms with E-state index in [1.807, 2.05) is 29.2 Å². The minimum Gasteiger partial charge on any atom is -0.326 e. The summed E-state index contributed by atoms with van der Waals surface area (Å²) >= 11 is 0. The van der Waals surface area contributed by atoms with Gasteiger partial charge in [0, 0.05) is 37.0 Å². The first-order valence-electron chi connectivity index (χ1n) is 27.7. The Morgan fingerprint density at radius 2 is 1.00 bits per heavy atom. The predicted molar refractivity (Wildman–Crippen MR) is 271 cm³/mol. The standard InChI is InChI=1S/C58H95N3O4/c1-5-8-11-14-20-29-38-52-49(34-25-12-9-6-2)41-42-50(35-26-19-15-17-22-32-44-59-48(4)40-43-55(59)62)53(52)39-30-21-16-18-23-33-46-61-56(63)47-54(58(61)65)60(45-31-13-10-7-3)57(64)51-36-27-24-28-37-51/h24,27-28,36-37,40,43,49-50,52-54H,4-23,25-26,29-35,38-39,41-42,44-47H2,1-3H3. The number of nitrogens with zero attached hydrogens (tertiary/aromatic N) is 3. The first-order chi connectivity index (χ1) is 31.8. The Bertz CT molecular complexity index is 1520. The maximum Gasteiger partial charge on any atom is 0.254 e. The van der Waals surface area contributed by atoms with Crippen LogP contribution in [0.3, 0.4) is 0 Å². The summed E-state index contributed by atoms with van der Waals surface area (Å²) in [6.07, 6.45) is 44.4. The summed E-state index contributed by atoms with van der Waals surface area (Å²) in [5, 5.41) is 0. The van der Waals surface area contributed by atoms with Crippen LogP contribution in [0.1, 0.15) is 243 Å². The average Bonchev–Trinajstić information content (AvgIpc) is 3.79. The topological polar surface area (TPSA) is 78.0 Å². The maximum absolute atomic E-state index is 13.7. The lowest BCUT2D eigenvalue weighted by Gasteiger charge is -2.44. The molecule has 1 aromatic carbocycles. The lowest BCUT2D eigenvalue weighted by Crippen LogP contribution is -2.46. The summed E-state index contributed by atoms with van der Waals surface area (Å²) < 4.78 is 0. The smallest absolute Gasteiger partial charge is 0.254 e. The highest BCUT2D eigenvalue weighted by molar-refractivity contribution is 6.08. The van der Waals surface area contributed by atoms with E-state index in [-0.39, 0.29) is 30.0 Å². The fraction of sp³-hybridized carbons (Fsp3) is 0.759. The first-order valence-corrected chi connectivity index (χ1v) is 27.7. The van der Waals surface area contributed by atoms with Gasteiger partial charge in [-0.3, -0.25) is 24.1 Å². The lowest BCUT2D eigenvalue weighted by atomic mass is 9.61. The van der Waals surface area contributed by atoms with Gasteiger partial charge in [-0.1, -0.05) is 206 Å². The third kappa shape index (κ3) is 19.1. The van der Waals surface area contributed by atoms with Crippen molar-refractivity contribution in [3.8, 4) is 0 Å². The van der Waals surface area contributed by atoms with E-state index < -0.39 is 6.04 Å². The SMILES string of the molecule is C=C1C=CC(=O)N1CCCCCCCCC1CCC(CCCCCC)C(CCCCCCCC)C1CCCCCCCCN1C(=O)CC(N(CCCCCC)C(=O)c2ccccc2)C1=O. The van der Waals surface area contributed by atoms with Gasteiger partial charge in [-0.25, -0.2) is 0 Å². The molecule has 7 heteroatoms. The molecule has 5 unspecified atom stereocenters. The van der Waals surface area contributed by atoms with E-state index in [1.165, 1.54) is 159 Å². The molecule has 0 aromatic heterocycles. The van der Waals surface area contributed by atoms with Crippen molar-refractivity contribution in [3.05, 3.63) is 60.3 Å². The molecule has 4 amide bonds. The molecule has 0 radical (unpaired) electrons. The van der Waals surface area contributed by atoms with E-state index in [2.05, 4.69) is 27.4 Å². The van der Waals surface area contributed by atoms with Crippen LogP contribution in [-0.4, -0.2) is 64.0 Å². The van der Waals surface area contributed by atoms with E-state index in [4.69, 9.17) is 0 Å². The maximum atomic E-state index is 13.7. The number of amides is 4. The molecule has 2 heterocycles. The predicted octanol–water partition coefficient (Wildman–Crippen LogP) is 15.2. The van der Waals surface area contributed by atoms with Crippen LogP contribution in [-0.2, 0) is 14.4 Å². The molecular weight excluding hydrogens is 803 g/mol. The quantitative estimate of drug-likeness (QED) is 0.0492. The molecule has 1 aromatic rings. The van der Waals surface area contributed by atoms with Crippen molar-refractivity contribution >= 4 is 23.6 Å². The number of likely N-dealkylation sites (tertiary alicyclic amines) is 1. The highest BCUT2D eigenvalue weighted by atomic mass is 16.2. The highest BCUT2D eigenvalue weighted by Gasteiger charge is 2.43. The fourth-order valence-corrected chi connectivity index (χ4v) is 11.6. The second kappa shape index (κ2) is 32.5. The minimum atomic E-state index is -0.690. The monoisotopic (exact) mass is 898 g/mol. The van der Waals surface area contributed by atoms with Crippen molar-refractivity contribution in [2.75, 3.05) is 19.6 Å². The van der Waals surface area contributed by atoms with E-state index in [1.54, 1.807) is 23.1 Å². The van der Waals surface area contributed by atoms with Gasteiger partial charge in [0.15, 0.2) is 0 Å². The second-order valence-electron chi connectivity index (χ2n) is 20.5. The summed E-state index contributed by atoms with van der Waals surface area (Å²) in [6.45, 7) is 12.6. The summed E-state index contributed by atoms with van der Waals surface area (Å²) in [5.41, 5.74) is 1.42. The van der Waals surface area contributed by atoms with Crippen LogP contribution in [0.25, 0.3) is 0 Å². The van der Waals surface area contributed by atoms with Crippen LogP contribution >= 0.6 is 0 Å². The highest BCUT2D eigenvalue weighted by Crippen LogP contribution is 2.48. The van der Waals surface area contributed by atoms with Crippen molar-refractivity contribution in [2.45, 2.75) is 239 Å². The van der Waals surface area contributed by atoms with Crippen molar-refractivity contribution in [1.82, 2.24) is 14.7 Å². The Morgan fingerprint density at radius 1 is 0.554 bits per heavy atom. The molecule has 0 spiro atoms. The number of imide groups is 1. The minimum absolute atomic E-state index is 0.0881. The Morgan fingerprint density at radius 3 is 1.51 bits per heavy atom. The van der Waals surface area contributed by atoms with Gasteiger partial charge in [-0.2, -0.15) is 0 Å². The Hall–Kier alpha value is -3.22. The Labute approximate surface area is 398 Å². The first kappa shape index (κ1) is 54.4. The van der Waals surface area contributed by atoms with Gasteiger partial charge in [-0.05, 0) is 86.8 Å². The summed E-state index contributed by atoms with van der Waals surface area (Å²) in [4.78, 5) is 57.6. The Balaban J connectivity index is 1.24. The summed E-state index contributed by atoms with van der Waals surface area (Å²) in [7, 11) is 0. The number of carbonyl (C=O) groups excluding carboxylic acids is 4. The molecule has 1 aliphatic carbocycles. The molecule has 2 fully saturated rings. The van der Waals surface area contributed by atoms with Crippen molar-refractivity contribution in [1.29, 1.82) is 0 Å². The van der Waals surface area contributed by atoms with Gasteiger partial charge < -0.3 is 9.80 Å². The molecule has 0 N–H and O–H groups in total. The van der Waals surface area contributed by atoms with E-state index in [0.717, 1.165) is 87.3 Å². The molecule has 1 saturated heterocycles. The van der Waals surface area contributed by atoms with Crippen molar-refractivity contribution in [2.24, 2.45) is 23.7 Å².